The van der Waals surface area contributed by atoms with Gasteiger partial charge in [-0.1, -0.05) is 24.1 Å². The summed E-state index contributed by atoms with van der Waals surface area (Å²) in [4.78, 5) is 4.34. The Labute approximate surface area is 171 Å². The van der Waals surface area contributed by atoms with Crippen molar-refractivity contribution in [2.24, 2.45) is 4.99 Å². The van der Waals surface area contributed by atoms with Gasteiger partial charge in [0.25, 0.3) is 0 Å². The summed E-state index contributed by atoms with van der Waals surface area (Å²) in [7, 11) is 3.47. The second kappa shape index (κ2) is 11.3. The van der Waals surface area contributed by atoms with Crippen LogP contribution < -0.4 is 15.4 Å². The van der Waals surface area contributed by atoms with E-state index >= 15 is 0 Å². The largest absolute Gasteiger partial charge is 0.496 e. The van der Waals surface area contributed by atoms with E-state index in [9.17, 15) is 0 Å². The fraction of sp³-hybridized carbons (Fsp3) is 0.588. The third-order valence-corrected chi connectivity index (χ3v) is 5.55. The Bertz CT molecular complexity index is 545. The van der Waals surface area contributed by atoms with Gasteiger partial charge in [-0.15, -0.1) is 24.0 Å². The van der Waals surface area contributed by atoms with Gasteiger partial charge < -0.3 is 15.4 Å². The van der Waals surface area contributed by atoms with E-state index in [1.165, 1.54) is 25.7 Å². The second-order valence-corrected chi connectivity index (χ2v) is 7.32. The van der Waals surface area contributed by atoms with Crippen LogP contribution in [0.15, 0.2) is 23.2 Å². The third-order valence-electron chi connectivity index (χ3n) is 4.22. The molecule has 2 unspecified atom stereocenters. The first-order valence-electron chi connectivity index (χ1n) is 7.98. The van der Waals surface area contributed by atoms with Crippen molar-refractivity contribution in [3.05, 3.63) is 28.8 Å². The third kappa shape index (κ3) is 6.52. The summed E-state index contributed by atoms with van der Waals surface area (Å²) in [6.45, 7) is 0.651. The van der Waals surface area contributed by atoms with Gasteiger partial charge in [-0.2, -0.15) is 11.8 Å². The maximum Gasteiger partial charge on any atom is 0.191 e. The molecular formula is C17H27ClIN3OS. The van der Waals surface area contributed by atoms with E-state index in [-0.39, 0.29) is 24.0 Å². The molecular weight excluding hydrogens is 457 g/mol. The van der Waals surface area contributed by atoms with Crippen LogP contribution >= 0.6 is 47.3 Å². The Balaban J connectivity index is 0.00000288. The summed E-state index contributed by atoms with van der Waals surface area (Å²) in [6, 6.07) is 6.19. The molecule has 136 valence electrons. The van der Waals surface area contributed by atoms with Crippen LogP contribution in [0.5, 0.6) is 5.75 Å². The molecule has 1 fully saturated rings. The van der Waals surface area contributed by atoms with Crippen molar-refractivity contribution in [1.82, 2.24) is 10.6 Å². The lowest BCUT2D eigenvalue weighted by Gasteiger charge is -2.29. The maximum atomic E-state index is 6.00. The fourth-order valence-corrected chi connectivity index (χ4v) is 3.91. The van der Waals surface area contributed by atoms with E-state index in [4.69, 9.17) is 16.3 Å². The predicted molar refractivity (Wildman–Crippen MR) is 116 cm³/mol. The first kappa shape index (κ1) is 21.7. The van der Waals surface area contributed by atoms with E-state index in [1.54, 1.807) is 7.11 Å². The molecule has 1 aliphatic carbocycles. The van der Waals surface area contributed by atoms with Gasteiger partial charge in [0.05, 0.1) is 7.11 Å². The number of nitrogens with one attached hydrogen (secondary N) is 2. The SMILES string of the molecule is CN=C(NCc1ccc(Cl)cc1OC)NC1CCCC(SC)C1.I. The van der Waals surface area contributed by atoms with Crippen LogP contribution in [-0.4, -0.2) is 37.7 Å². The molecule has 1 saturated carbocycles. The predicted octanol–water partition coefficient (Wildman–Crippen LogP) is 4.31. The summed E-state index contributed by atoms with van der Waals surface area (Å²) in [5.74, 6) is 1.63. The van der Waals surface area contributed by atoms with E-state index in [1.807, 2.05) is 37.0 Å². The van der Waals surface area contributed by atoms with E-state index in [2.05, 4.69) is 21.9 Å². The van der Waals surface area contributed by atoms with Crippen molar-refractivity contribution in [2.45, 2.75) is 43.5 Å². The topological polar surface area (TPSA) is 45.7 Å². The highest BCUT2D eigenvalue weighted by Crippen LogP contribution is 2.27. The number of halogens is 2. The molecule has 7 heteroatoms. The molecule has 1 aromatic rings. The second-order valence-electron chi connectivity index (χ2n) is 5.75. The highest BCUT2D eigenvalue weighted by atomic mass is 127. The minimum atomic E-state index is 0. The summed E-state index contributed by atoms with van der Waals surface area (Å²) < 4.78 is 5.38. The molecule has 2 N–H and O–H groups in total. The maximum absolute atomic E-state index is 6.00. The van der Waals surface area contributed by atoms with E-state index in [0.29, 0.717) is 17.6 Å². The number of hydrogen-bond donors (Lipinski definition) is 2. The zero-order chi connectivity index (χ0) is 16.7. The van der Waals surface area contributed by atoms with Crippen LogP contribution in [-0.2, 0) is 6.54 Å². The van der Waals surface area contributed by atoms with Crippen molar-refractivity contribution in [3.63, 3.8) is 0 Å². The molecule has 4 nitrogen and oxygen atoms in total. The van der Waals surface area contributed by atoms with Crippen LogP contribution in [0.25, 0.3) is 0 Å². The number of methoxy groups -OCH3 is 1. The molecule has 1 aliphatic rings. The molecule has 0 aliphatic heterocycles. The van der Waals surface area contributed by atoms with Gasteiger partial charge in [0.2, 0.25) is 0 Å². The molecule has 24 heavy (non-hydrogen) atoms. The molecule has 1 aromatic carbocycles. The number of benzene rings is 1. The highest BCUT2D eigenvalue weighted by molar-refractivity contribution is 14.0. The zero-order valence-electron chi connectivity index (χ0n) is 14.5. The summed E-state index contributed by atoms with van der Waals surface area (Å²) >= 11 is 7.97. The number of ether oxygens (including phenoxy) is 1. The molecule has 0 heterocycles. The minimum absolute atomic E-state index is 0. The molecule has 2 atom stereocenters. The Kier molecular flexibility index (Phi) is 10.2. The number of aliphatic imine (C=N–C) groups is 1. The van der Waals surface area contributed by atoms with Crippen molar-refractivity contribution in [3.8, 4) is 5.75 Å². The lowest BCUT2D eigenvalue weighted by molar-refractivity contribution is 0.408. The Hall–Kier alpha value is -0.340. The summed E-state index contributed by atoms with van der Waals surface area (Å²) in [6.07, 6.45) is 7.22. The van der Waals surface area contributed by atoms with Crippen LogP contribution in [0.4, 0.5) is 0 Å². The number of guanidine groups is 1. The van der Waals surface area contributed by atoms with Crippen LogP contribution in [0.2, 0.25) is 5.02 Å². The van der Waals surface area contributed by atoms with Gasteiger partial charge >= 0.3 is 0 Å². The van der Waals surface area contributed by atoms with Gasteiger partial charge in [0.1, 0.15) is 5.75 Å². The van der Waals surface area contributed by atoms with Crippen molar-refractivity contribution in [1.29, 1.82) is 0 Å². The average molecular weight is 484 g/mol. The Morgan fingerprint density at radius 3 is 2.88 bits per heavy atom. The Morgan fingerprint density at radius 2 is 2.21 bits per heavy atom. The zero-order valence-corrected chi connectivity index (χ0v) is 18.4. The first-order valence-corrected chi connectivity index (χ1v) is 9.65. The fourth-order valence-electron chi connectivity index (χ4n) is 2.92. The summed E-state index contributed by atoms with van der Waals surface area (Å²) in [5, 5.41) is 8.36. The van der Waals surface area contributed by atoms with Crippen molar-refractivity contribution < 1.29 is 4.74 Å². The molecule has 0 amide bonds. The number of nitrogens with zero attached hydrogens (tertiary/aromatic N) is 1. The quantitative estimate of drug-likeness (QED) is 0.372. The Morgan fingerprint density at radius 1 is 1.42 bits per heavy atom. The summed E-state index contributed by atoms with van der Waals surface area (Å²) in [5.41, 5.74) is 1.06. The van der Waals surface area contributed by atoms with Gasteiger partial charge in [-0.3, -0.25) is 4.99 Å². The highest BCUT2D eigenvalue weighted by Gasteiger charge is 2.21. The molecule has 0 aromatic heterocycles. The van der Waals surface area contributed by atoms with Crippen molar-refractivity contribution in [2.75, 3.05) is 20.4 Å². The number of thioether (sulfide) groups is 1. The minimum Gasteiger partial charge on any atom is -0.496 e. The lowest BCUT2D eigenvalue weighted by Crippen LogP contribution is -2.45. The number of rotatable bonds is 5. The first-order chi connectivity index (χ1) is 11.2. The van der Waals surface area contributed by atoms with Gasteiger partial charge in [0.15, 0.2) is 5.96 Å². The van der Waals surface area contributed by atoms with Gasteiger partial charge in [-0.05, 0) is 37.7 Å². The standard InChI is InChI=1S/C17H26ClN3OS.HI/c1-19-17(21-14-5-4-6-15(10-14)23-3)20-11-12-7-8-13(18)9-16(12)22-2;/h7-9,14-15H,4-6,10-11H2,1-3H3,(H2,19,20,21);1H. The van der Waals surface area contributed by atoms with Gasteiger partial charge in [0, 0.05) is 35.5 Å². The van der Waals surface area contributed by atoms with Gasteiger partial charge in [-0.25, -0.2) is 0 Å². The number of hydrogen-bond acceptors (Lipinski definition) is 3. The monoisotopic (exact) mass is 483 g/mol. The van der Waals surface area contributed by atoms with Crippen LogP contribution in [0, 0.1) is 0 Å². The molecule has 0 radical (unpaired) electrons. The van der Waals surface area contributed by atoms with Crippen molar-refractivity contribution >= 4 is 53.3 Å². The van der Waals surface area contributed by atoms with Crippen LogP contribution in [0.3, 0.4) is 0 Å². The lowest BCUT2D eigenvalue weighted by atomic mass is 9.95. The van der Waals surface area contributed by atoms with E-state index in [0.717, 1.165) is 22.5 Å². The molecule has 0 spiro atoms. The average Bonchev–Trinajstić information content (AvgIpc) is 2.59. The molecule has 2 rings (SSSR count). The molecule has 0 saturated heterocycles. The van der Waals surface area contributed by atoms with E-state index < -0.39 is 0 Å². The smallest absolute Gasteiger partial charge is 0.191 e. The van der Waals surface area contributed by atoms with Crippen LogP contribution in [0.1, 0.15) is 31.2 Å². The molecule has 0 bridgehead atoms. The normalized spacial score (nSPS) is 20.9.